The number of rotatable bonds is 5. The van der Waals surface area contributed by atoms with E-state index in [1.165, 1.54) is 30.3 Å². The first-order valence-corrected chi connectivity index (χ1v) is 11.3. The standard InChI is InChI=1S/C24H16Br2N2O5/c25-19-11-15(12-20(26)21(19)33-13-14-4-2-1-3-5-14)10-18-22(30)27-24(32)28(23(18)31)16-6-8-17(29)9-7-16/h1-12,29H,13H2,(H,27,30,32)/b18-10+. The summed E-state index contributed by atoms with van der Waals surface area (Å²) in [6.45, 7) is 0.364. The second-order valence-electron chi connectivity index (χ2n) is 7.06. The summed E-state index contributed by atoms with van der Waals surface area (Å²) in [7, 11) is 0. The molecule has 7 nitrogen and oxygen atoms in total. The lowest BCUT2D eigenvalue weighted by Crippen LogP contribution is -2.54. The molecule has 33 heavy (non-hydrogen) atoms. The van der Waals surface area contributed by atoms with Gasteiger partial charge in [-0.2, -0.15) is 0 Å². The highest BCUT2D eigenvalue weighted by Crippen LogP contribution is 2.36. The molecule has 0 saturated carbocycles. The van der Waals surface area contributed by atoms with E-state index in [1.807, 2.05) is 30.3 Å². The Morgan fingerprint density at radius 2 is 1.58 bits per heavy atom. The molecule has 0 bridgehead atoms. The monoisotopic (exact) mass is 570 g/mol. The molecule has 0 unspecified atom stereocenters. The van der Waals surface area contributed by atoms with Crippen molar-refractivity contribution in [1.82, 2.24) is 5.32 Å². The van der Waals surface area contributed by atoms with E-state index in [4.69, 9.17) is 4.74 Å². The van der Waals surface area contributed by atoms with Gasteiger partial charge in [0.25, 0.3) is 11.8 Å². The number of carbonyl (C=O) groups excluding carboxylic acids is 3. The molecule has 9 heteroatoms. The van der Waals surface area contributed by atoms with Crippen LogP contribution in [-0.4, -0.2) is 23.0 Å². The number of hydrogen-bond donors (Lipinski definition) is 2. The molecule has 1 fully saturated rings. The highest BCUT2D eigenvalue weighted by Gasteiger charge is 2.36. The molecule has 1 aliphatic rings. The lowest BCUT2D eigenvalue weighted by atomic mass is 10.1. The van der Waals surface area contributed by atoms with E-state index >= 15 is 0 Å². The molecule has 4 amide bonds. The fourth-order valence-electron chi connectivity index (χ4n) is 3.19. The van der Waals surface area contributed by atoms with Crippen LogP contribution in [0.25, 0.3) is 6.08 Å². The van der Waals surface area contributed by atoms with Crippen molar-refractivity contribution < 1.29 is 24.2 Å². The molecule has 2 N–H and O–H groups in total. The second kappa shape index (κ2) is 9.60. The maximum Gasteiger partial charge on any atom is 0.335 e. The van der Waals surface area contributed by atoms with Crippen LogP contribution in [0, 0.1) is 0 Å². The third-order valence-corrected chi connectivity index (χ3v) is 5.95. The number of phenolic OH excluding ortho intramolecular Hbond substituents is 1. The van der Waals surface area contributed by atoms with Crippen molar-refractivity contribution in [2.75, 3.05) is 4.90 Å². The number of ether oxygens (including phenoxy) is 1. The summed E-state index contributed by atoms with van der Waals surface area (Å²) in [5.74, 6) is -1.01. The Bertz CT molecular complexity index is 1250. The molecule has 0 aliphatic carbocycles. The molecule has 166 valence electrons. The van der Waals surface area contributed by atoms with Crippen molar-refractivity contribution in [2.45, 2.75) is 6.61 Å². The van der Waals surface area contributed by atoms with Gasteiger partial charge < -0.3 is 9.84 Å². The van der Waals surface area contributed by atoms with Crippen molar-refractivity contribution in [3.05, 3.63) is 92.4 Å². The van der Waals surface area contributed by atoms with Crippen LogP contribution in [0.1, 0.15) is 11.1 Å². The average Bonchev–Trinajstić information content (AvgIpc) is 2.78. The van der Waals surface area contributed by atoms with Crippen LogP contribution < -0.4 is 15.0 Å². The summed E-state index contributed by atoms with van der Waals surface area (Å²) >= 11 is 6.95. The normalized spacial score (nSPS) is 15.0. The fourth-order valence-corrected chi connectivity index (χ4v) is 4.64. The third-order valence-electron chi connectivity index (χ3n) is 4.77. The van der Waals surface area contributed by atoms with Gasteiger partial charge in [0.2, 0.25) is 0 Å². The molecule has 3 aromatic rings. The largest absolute Gasteiger partial charge is 0.508 e. The van der Waals surface area contributed by atoms with Gasteiger partial charge in [-0.05, 0) is 85.5 Å². The number of nitrogens with zero attached hydrogens (tertiary/aromatic N) is 1. The molecule has 0 radical (unpaired) electrons. The van der Waals surface area contributed by atoms with Gasteiger partial charge in [-0.25, -0.2) is 9.69 Å². The van der Waals surface area contributed by atoms with Crippen molar-refractivity contribution in [2.24, 2.45) is 0 Å². The molecule has 0 spiro atoms. The van der Waals surface area contributed by atoms with E-state index in [-0.39, 0.29) is 17.0 Å². The Morgan fingerprint density at radius 3 is 2.21 bits per heavy atom. The number of imide groups is 2. The molecule has 3 aromatic carbocycles. The topological polar surface area (TPSA) is 95.9 Å². The Labute approximate surface area is 205 Å². The maximum atomic E-state index is 13.0. The van der Waals surface area contributed by atoms with Crippen LogP contribution in [0.5, 0.6) is 11.5 Å². The van der Waals surface area contributed by atoms with Crippen LogP contribution in [-0.2, 0) is 16.2 Å². The average molecular weight is 572 g/mol. The van der Waals surface area contributed by atoms with Crippen molar-refractivity contribution in [3.8, 4) is 11.5 Å². The molecule has 4 rings (SSSR count). The summed E-state index contributed by atoms with van der Waals surface area (Å²) in [6, 6.07) is 17.8. The number of urea groups is 1. The smallest absolute Gasteiger partial charge is 0.335 e. The Kier molecular flexibility index (Phi) is 6.62. The van der Waals surface area contributed by atoms with Crippen LogP contribution in [0.3, 0.4) is 0 Å². The van der Waals surface area contributed by atoms with Crippen LogP contribution >= 0.6 is 31.9 Å². The number of carbonyl (C=O) groups is 3. The van der Waals surface area contributed by atoms with E-state index in [2.05, 4.69) is 37.2 Å². The highest BCUT2D eigenvalue weighted by molar-refractivity contribution is 9.11. The molecular weight excluding hydrogens is 556 g/mol. The lowest BCUT2D eigenvalue weighted by molar-refractivity contribution is -0.122. The minimum absolute atomic E-state index is 0.0141. The van der Waals surface area contributed by atoms with Crippen LogP contribution in [0.15, 0.2) is 81.2 Å². The van der Waals surface area contributed by atoms with E-state index in [9.17, 15) is 19.5 Å². The molecule has 1 heterocycles. The van der Waals surface area contributed by atoms with Crippen molar-refractivity contribution in [3.63, 3.8) is 0 Å². The number of barbiturate groups is 1. The van der Waals surface area contributed by atoms with Gasteiger partial charge in [-0.1, -0.05) is 30.3 Å². The van der Waals surface area contributed by atoms with E-state index in [0.29, 0.717) is 26.9 Å². The Balaban J connectivity index is 1.61. The lowest BCUT2D eigenvalue weighted by Gasteiger charge is -2.26. The van der Waals surface area contributed by atoms with Gasteiger partial charge in [0.15, 0.2) is 0 Å². The van der Waals surface area contributed by atoms with Gasteiger partial charge in [0, 0.05) is 0 Å². The molecule has 1 saturated heterocycles. The molecule has 0 atom stereocenters. The Hall–Kier alpha value is -3.43. The van der Waals surface area contributed by atoms with E-state index < -0.39 is 17.8 Å². The zero-order valence-corrected chi connectivity index (χ0v) is 20.1. The maximum absolute atomic E-state index is 13.0. The predicted molar refractivity (Wildman–Crippen MR) is 130 cm³/mol. The number of nitrogens with one attached hydrogen (secondary N) is 1. The summed E-state index contributed by atoms with van der Waals surface area (Å²) in [5.41, 5.74) is 1.56. The van der Waals surface area contributed by atoms with Gasteiger partial charge in [-0.15, -0.1) is 0 Å². The summed E-state index contributed by atoms with van der Waals surface area (Å²) < 4.78 is 7.15. The number of aromatic hydroxyl groups is 1. The predicted octanol–water partition coefficient (Wildman–Crippen LogP) is 5.16. The zero-order chi connectivity index (χ0) is 23.5. The van der Waals surface area contributed by atoms with Gasteiger partial charge in [-0.3, -0.25) is 14.9 Å². The van der Waals surface area contributed by atoms with Crippen molar-refractivity contribution >= 4 is 61.5 Å². The van der Waals surface area contributed by atoms with E-state index in [0.717, 1.165) is 10.5 Å². The molecule has 1 aliphatic heterocycles. The van der Waals surface area contributed by atoms with Crippen molar-refractivity contribution in [1.29, 1.82) is 0 Å². The molecule has 0 aromatic heterocycles. The second-order valence-corrected chi connectivity index (χ2v) is 8.77. The number of phenols is 1. The number of anilines is 1. The fraction of sp³-hybridized carbons (Fsp3) is 0.0417. The number of hydrogen-bond acceptors (Lipinski definition) is 5. The van der Waals surface area contributed by atoms with Gasteiger partial charge in [0.05, 0.1) is 14.6 Å². The SMILES string of the molecule is O=C1NC(=O)N(c2ccc(O)cc2)C(=O)/C1=C/c1cc(Br)c(OCc2ccccc2)c(Br)c1. The first kappa shape index (κ1) is 22.8. The van der Waals surface area contributed by atoms with Gasteiger partial charge in [0.1, 0.15) is 23.7 Å². The zero-order valence-electron chi connectivity index (χ0n) is 16.9. The number of benzene rings is 3. The minimum Gasteiger partial charge on any atom is -0.508 e. The Morgan fingerprint density at radius 1 is 0.939 bits per heavy atom. The highest BCUT2D eigenvalue weighted by atomic mass is 79.9. The summed E-state index contributed by atoms with van der Waals surface area (Å²) in [4.78, 5) is 38.5. The third kappa shape index (κ3) is 4.99. The quantitative estimate of drug-likeness (QED) is 0.326. The first-order valence-electron chi connectivity index (χ1n) is 9.70. The van der Waals surface area contributed by atoms with Gasteiger partial charge >= 0.3 is 6.03 Å². The first-order chi connectivity index (χ1) is 15.8. The van der Waals surface area contributed by atoms with E-state index in [1.54, 1.807) is 12.1 Å². The summed E-state index contributed by atoms with van der Waals surface area (Å²) in [5, 5.41) is 11.6. The number of amides is 4. The summed E-state index contributed by atoms with van der Waals surface area (Å²) in [6.07, 6.45) is 1.40. The molecular formula is C24H16Br2N2O5. The number of halogens is 2. The van der Waals surface area contributed by atoms with Crippen LogP contribution in [0.2, 0.25) is 0 Å². The minimum atomic E-state index is -0.861. The van der Waals surface area contributed by atoms with Crippen LogP contribution in [0.4, 0.5) is 10.5 Å².